The maximum atomic E-state index is 14.0. The molecule has 1 saturated heterocycles. The Hall–Kier alpha value is -2.46. The Balaban J connectivity index is 1.53. The maximum absolute atomic E-state index is 14.0. The largest absolute Gasteiger partial charge is 0.395 e. The van der Waals surface area contributed by atoms with Gasteiger partial charge in [0.25, 0.3) is 0 Å². The van der Waals surface area contributed by atoms with Crippen LogP contribution in [-0.4, -0.2) is 34.5 Å². The van der Waals surface area contributed by atoms with E-state index < -0.39 is 17.3 Å². The van der Waals surface area contributed by atoms with Crippen LogP contribution < -0.4 is 0 Å². The van der Waals surface area contributed by atoms with Crippen molar-refractivity contribution in [2.24, 2.45) is 11.8 Å². The zero-order valence-corrected chi connectivity index (χ0v) is 17.8. The Labute approximate surface area is 183 Å². The topological polar surface area (TPSA) is 57.6 Å². The van der Waals surface area contributed by atoms with Gasteiger partial charge in [-0.2, -0.15) is 0 Å². The molecule has 2 bridgehead atoms. The predicted octanol–water partition coefficient (Wildman–Crippen LogP) is 4.14. The average Bonchev–Trinajstić information content (AvgIpc) is 3.05. The molecule has 1 saturated carbocycles. The lowest BCUT2D eigenvalue weighted by Crippen LogP contribution is -2.55. The van der Waals surface area contributed by atoms with Gasteiger partial charge in [-0.25, -0.2) is 0 Å². The van der Waals surface area contributed by atoms with Crippen molar-refractivity contribution in [2.45, 2.75) is 62.3 Å². The molecule has 2 aromatic carbocycles. The van der Waals surface area contributed by atoms with E-state index in [1.54, 1.807) is 4.90 Å². The van der Waals surface area contributed by atoms with E-state index in [4.69, 9.17) is 0 Å². The van der Waals surface area contributed by atoms with E-state index in [1.807, 2.05) is 24.3 Å². The number of hydrogen-bond acceptors (Lipinski definition) is 3. The minimum Gasteiger partial charge on any atom is -0.395 e. The molecular weight excluding hydrogens is 386 g/mol. The van der Waals surface area contributed by atoms with Crippen molar-refractivity contribution >= 4 is 11.8 Å². The molecule has 5 aliphatic rings. The molecule has 0 spiro atoms. The SMILES string of the molecule is O=C1[C@H]2C3c4ccccc4C(CO)(c4ccccc43)[C@H]2C(=O)N1C1CCCCCCC1. The molecule has 31 heavy (non-hydrogen) atoms. The molecule has 4 nitrogen and oxygen atoms in total. The molecule has 1 N–H and O–H groups in total. The number of benzene rings is 2. The number of carbonyl (C=O) groups excluding carboxylic acids is 2. The summed E-state index contributed by atoms with van der Waals surface area (Å²) < 4.78 is 0. The fraction of sp³-hybridized carbons (Fsp3) is 0.481. The number of aliphatic hydroxyl groups excluding tert-OH is 1. The van der Waals surface area contributed by atoms with Gasteiger partial charge in [0, 0.05) is 12.0 Å². The van der Waals surface area contributed by atoms with Gasteiger partial charge in [-0.3, -0.25) is 14.5 Å². The first kappa shape index (κ1) is 19.2. The normalized spacial score (nSPS) is 32.3. The van der Waals surface area contributed by atoms with Crippen molar-refractivity contribution < 1.29 is 14.7 Å². The number of likely N-dealkylation sites (tertiary alicyclic amines) is 1. The van der Waals surface area contributed by atoms with E-state index in [9.17, 15) is 14.7 Å². The van der Waals surface area contributed by atoms with E-state index in [0.29, 0.717) is 0 Å². The van der Waals surface area contributed by atoms with Gasteiger partial charge in [0.1, 0.15) is 0 Å². The van der Waals surface area contributed by atoms with Crippen molar-refractivity contribution in [3.63, 3.8) is 0 Å². The van der Waals surface area contributed by atoms with E-state index in [0.717, 1.165) is 47.9 Å². The molecular formula is C27H29NO3. The number of rotatable bonds is 2. The first-order valence-corrected chi connectivity index (χ1v) is 11.9. The summed E-state index contributed by atoms with van der Waals surface area (Å²) in [5, 5.41) is 10.9. The highest BCUT2D eigenvalue weighted by molar-refractivity contribution is 6.08. The fourth-order valence-electron chi connectivity index (χ4n) is 7.27. The summed E-state index contributed by atoms with van der Waals surface area (Å²) in [4.78, 5) is 29.6. The molecule has 7 rings (SSSR count). The molecule has 0 aromatic heterocycles. The molecule has 160 valence electrons. The van der Waals surface area contributed by atoms with Crippen LogP contribution in [0.3, 0.4) is 0 Å². The number of hydrogen-bond donors (Lipinski definition) is 1. The Morgan fingerprint density at radius 1 is 0.806 bits per heavy atom. The Bertz CT molecular complexity index is 1000. The summed E-state index contributed by atoms with van der Waals surface area (Å²) in [6.45, 7) is -0.160. The minimum atomic E-state index is -0.838. The average molecular weight is 416 g/mol. The third-order valence-corrected chi connectivity index (χ3v) is 8.52. The van der Waals surface area contributed by atoms with Gasteiger partial charge in [0.2, 0.25) is 11.8 Å². The smallest absolute Gasteiger partial charge is 0.234 e. The first-order valence-electron chi connectivity index (χ1n) is 11.9. The van der Waals surface area contributed by atoms with Crippen LogP contribution in [0.1, 0.15) is 73.1 Å². The zero-order valence-electron chi connectivity index (χ0n) is 17.8. The summed E-state index contributed by atoms with van der Waals surface area (Å²) in [6.07, 6.45) is 7.58. The second kappa shape index (κ2) is 7.03. The van der Waals surface area contributed by atoms with Crippen LogP contribution in [0.25, 0.3) is 0 Å². The fourth-order valence-corrected chi connectivity index (χ4v) is 7.27. The number of carbonyl (C=O) groups is 2. The van der Waals surface area contributed by atoms with Crippen molar-refractivity contribution in [2.75, 3.05) is 6.61 Å². The summed E-state index contributed by atoms with van der Waals surface area (Å²) in [6, 6.07) is 16.3. The molecule has 4 aliphatic carbocycles. The van der Waals surface area contributed by atoms with Crippen molar-refractivity contribution in [3.8, 4) is 0 Å². The van der Waals surface area contributed by atoms with Gasteiger partial charge in [-0.15, -0.1) is 0 Å². The molecule has 2 fully saturated rings. The Kier molecular flexibility index (Phi) is 4.36. The molecule has 1 aliphatic heterocycles. The van der Waals surface area contributed by atoms with E-state index in [1.165, 1.54) is 19.3 Å². The monoisotopic (exact) mass is 415 g/mol. The molecule has 1 heterocycles. The van der Waals surface area contributed by atoms with Crippen molar-refractivity contribution in [1.82, 2.24) is 4.90 Å². The second-order valence-electron chi connectivity index (χ2n) is 9.83. The predicted molar refractivity (Wildman–Crippen MR) is 118 cm³/mol. The van der Waals surface area contributed by atoms with Gasteiger partial charge in [0.05, 0.1) is 23.9 Å². The highest BCUT2D eigenvalue weighted by Crippen LogP contribution is 2.64. The Morgan fingerprint density at radius 2 is 1.35 bits per heavy atom. The quantitative estimate of drug-likeness (QED) is 0.750. The number of aliphatic hydroxyl groups is 1. The second-order valence-corrected chi connectivity index (χ2v) is 9.83. The number of nitrogens with zero attached hydrogens (tertiary/aromatic N) is 1. The highest BCUT2D eigenvalue weighted by atomic mass is 16.3. The lowest BCUT2D eigenvalue weighted by molar-refractivity contribution is -0.143. The van der Waals surface area contributed by atoms with Crippen LogP contribution in [0, 0.1) is 11.8 Å². The first-order chi connectivity index (χ1) is 15.2. The van der Waals surface area contributed by atoms with Crippen LogP contribution in [0.5, 0.6) is 0 Å². The van der Waals surface area contributed by atoms with E-state index in [-0.39, 0.29) is 30.4 Å². The number of imide groups is 1. The van der Waals surface area contributed by atoms with Crippen LogP contribution in [0.15, 0.2) is 48.5 Å². The summed E-state index contributed by atoms with van der Waals surface area (Å²) in [5.41, 5.74) is 3.44. The summed E-state index contributed by atoms with van der Waals surface area (Å²) in [5.74, 6) is -1.09. The maximum Gasteiger partial charge on any atom is 0.234 e. The number of amides is 2. The molecule has 4 heteroatoms. The van der Waals surface area contributed by atoms with Crippen LogP contribution >= 0.6 is 0 Å². The van der Waals surface area contributed by atoms with Crippen LogP contribution in [0.4, 0.5) is 0 Å². The summed E-state index contributed by atoms with van der Waals surface area (Å²) >= 11 is 0. The van der Waals surface area contributed by atoms with E-state index >= 15 is 0 Å². The lowest BCUT2D eigenvalue weighted by atomic mass is 9.47. The summed E-state index contributed by atoms with van der Waals surface area (Å²) in [7, 11) is 0. The third kappa shape index (κ3) is 2.40. The van der Waals surface area contributed by atoms with Crippen molar-refractivity contribution in [3.05, 3.63) is 70.8 Å². The van der Waals surface area contributed by atoms with Gasteiger partial charge < -0.3 is 5.11 Å². The third-order valence-electron chi connectivity index (χ3n) is 8.52. The van der Waals surface area contributed by atoms with Gasteiger partial charge in [0.15, 0.2) is 0 Å². The standard InChI is InChI=1S/C27H29NO3/c29-16-27-20-14-8-6-12-18(20)22(19-13-7-9-15-21(19)27)23-24(27)26(31)28(25(23)30)17-10-4-2-1-3-5-11-17/h6-9,12-15,17,22-24,29H,1-5,10-11,16H2/t22?,23-,24+,27?/m0/s1. The molecule has 2 aromatic rings. The molecule has 2 amide bonds. The van der Waals surface area contributed by atoms with Crippen molar-refractivity contribution in [1.29, 1.82) is 0 Å². The Morgan fingerprint density at radius 3 is 1.94 bits per heavy atom. The molecule has 0 unspecified atom stereocenters. The van der Waals surface area contributed by atoms with Gasteiger partial charge in [-0.1, -0.05) is 80.6 Å². The van der Waals surface area contributed by atoms with Gasteiger partial charge >= 0.3 is 0 Å². The lowest BCUT2D eigenvalue weighted by Gasteiger charge is -2.53. The van der Waals surface area contributed by atoms with Crippen LogP contribution in [0.2, 0.25) is 0 Å². The highest BCUT2D eigenvalue weighted by Gasteiger charge is 2.68. The van der Waals surface area contributed by atoms with Crippen LogP contribution in [-0.2, 0) is 15.0 Å². The minimum absolute atomic E-state index is 0.00673. The van der Waals surface area contributed by atoms with E-state index in [2.05, 4.69) is 24.3 Å². The van der Waals surface area contributed by atoms with Gasteiger partial charge in [-0.05, 0) is 35.1 Å². The molecule has 0 radical (unpaired) electrons. The molecule has 2 atom stereocenters. The zero-order chi connectivity index (χ0) is 21.2.